The van der Waals surface area contributed by atoms with Crippen molar-refractivity contribution in [3.8, 4) is 0 Å². The molecular weight excluding hydrogens is 226 g/mol. The molecule has 5 heteroatoms. The Hall–Kier alpha value is -0.940. The van der Waals surface area contributed by atoms with Gasteiger partial charge in [0, 0.05) is 17.9 Å². The summed E-state index contributed by atoms with van der Waals surface area (Å²) < 4.78 is 5.25. The molecule has 90 valence electrons. The van der Waals surface area contributed by atoms with E-state index in [0.29, 0.717) is 5.56 Å². The number of hydrogen-bond acceptors (Lipinski definition) is 4. The largest absolute Gasteiger partial charge is 0.475 e. The molecule has 0 saturated carbocycles. The van der Waals surface area contributed by atoms with E-state index in [2.05, 4.69) is 4.90 Å². The second-order valence-electron chi connectivity index (χ2n) is 3.89. The zero-order valence-corrected chi connectivity index (χ0v) is 10.6. The van der Waals surface area contributed by atoms with Crippen LogP contribution < -0.4 is 0 Å². The number of hydrogen-bond donors (Lipinski definition) is 1. The van der Waals surface area contributed by atoms with Crippen LogP contribution >= 0.6 is 11.8 Å². The van der Waals surface area contributed by atoms with Gasteiger partial charge in [-0.1, -0.05) is 0 Å². The number of carboxylic acids is 1. The van der Waals surface area contributed by atoms with Gasteiger partial charge in [-0.2, -0.15) is 11.8 Å². The van der Waals surface area contributed by atoms with Crippen molar-refractivity contribution >= 4 is 17.7 Å². The standard InChI is InChI=1S/C11H17NO3S/c1-8-6-9(15-10(8)11(13)14)7-16-5-4-12(2)3/h6H,4-5,7H2,1-3H3,(H,13,14). The summed E-state index contributed by atoms with van der Waals surface area (Å²) >= 11 is 1.74. The first-order valence-electron chi connectivity index (χ1n) is 5.05. The van der Waals surface area contributed by atoms with E-state index >= 15 is 0 Å². The Morgan fingerprint density at radius 1 is 1.56 bits per heavy atom. The van der Waals surface area contributed by atoms with Crippen LogP contribution in [0.3, 0.4) is 0 Å². The second kappa shape index (κ2) is 5.96. The molecule has 0 aliphatic rings. The van der Waals surface area contributed by atoms with Crippen LogP contribution in [0.25, 0.3) is 0 Å². The fourth-order valence-electron chi connectivity index (χ4n) is 1.25. The van der Waals surface area contributed by atoms with E-state index in [9.17, 15) is 4.79 Å². The number of carboxylic acid groups (broad SMARTS) is 1. The van der Waals surface area contributed by atoms with Gasteiger partial charge in [-0.05, 0) is 27.1 Å². The fraction of sp³-hybridized carbons (Fsp3) is 0.545. The van der Waals surface area contributed by atoms with Crippen molar-refractivity contribution in [3.05, 3.63) is 23.2 Å². The van der Waals surface area contributed by atoms with Gasteiger partial charge in [-0.25, -0.2) is 4.79 Å². The number of aromatic carboxylic acids is 1. The summed E-state index contributed by atoms with van der Waals surface area (Å²) in [5, 5.41) is 8.82. The fourth-order valence-corrected chi connectivity index (χ4v) is 2.23. The number of rotatable bonds is 6. The maximum Gasteiger partial charge on any atom is 0.372 e. The third-order valence-electron chi connectivity index (χ3n) is 2.09. The lowest BCUT2D eigenvalue weighted by molar-refractivity contribution is 0.0659. The molecule has 0 atom stereocenters. The average Bonchev–Trinajstić information content (AvgIpc) is 2.54. The molecule has 0 aromatic carbocycles. The molecule has 1 N–H and O–H groups in total. The summed E-state index contributed by atoms with van der Waals surface area (Å²) in [6.45, 7) is 2.76. The van der Waals surface area contributed by atoms with Crippen LogP contribution in [0.1, 0.15) is 21.9 Å². The Bertz CT molecular complexity index is 360. The SMILES string of the molecule is Cc1cc(CSCCN(C)C)oc1C(=O)O. The van der Waals surface area contributed by atoms with Gasteiger partial charge < -0.3 is 14.4 Å². The van der Waals surface area contributed by atoms with Crippen molar-refractivity contribution in [3.63, 3.8) is 0 Å². The predicted octanol–water partition coefficient (Wildman–Crippen LogP) is 2.08. The number of thioether (sulfide) groups is 1. The Labute approximate surface area is 99.6 Å². The van der Waals surface area contributed by atoms with E-state index in [1.807, 2.05) is 14.1 Å². The van der Waals surface area contributed by atoms with Crippen LogP contribution in [0.2, 0.25) is 0 Å². The summed E-state index contributed by atoms with van der Waals surface area (Å²) in [6.07, 6.45) is 0. The molecule has 0 saturated heterocycles. The molecule has 1 heterocycles. The summed E-state index contributed by atoms with van der Waals surface area (Å²) in [5.41, 5.74) is 0.690. The van der Waals surface area contributed by atoms with Crippen molar-refractivity contribution in [1.82, 2.24) is 4.90 Å². The first-order chi connectivity index (χ1) is 7.50. The summed E-state index contributed by atoms with van der Waals surface area (Å²) in [4.78, 5) is 12.9. The molecule has 0 fully saturated rings. The summed E-state index contributed by atoms with van der Waals surface area (Å²) in [5.74, 6) is 1.53. The highest BCUT2D eigenvalue weighted by Crippen LogP contribution is 2.19. The zero-order valence-electron chi connectivity index (χ0n) is 9.82. The lowest BCUT2D eigenvalue weighted by Gasteiger charge is -2.07. The van der Waals surface area contributed by atoms with E-state index in [-0.39, 0.29) is 5.76 Å². The normalized spacial score (nSPS) is 11.0. The molecule has 0 amide bonds. The van der Waals surface area contributed by atoms with Crippen molar-refractivity contribution in [2.75, 3.05) is 26.4 Å². The van der Waals surface area contributed by atoms with Gasteiger partial charge in [-0.15, -0.1) is 0 Å². The predicted molar refractivity (Wildman–Crippen MR) is 65.1 cm³/mol. The Balaban J connectivity index is 2.43. The molecule has 0 radical (unpaired) electrons. The van der Waals surface area contributed by atoms with E-state index in [1.165, 1.54) is 0 Å². The Kier molecular flexibility index (Phi) is 4.89. The first-order valence-corrected chi connectivity index (χ1v) is 6.21. The highest BCUT2D eigenvalue weighted by atomic mass is 32.2. The molecule has 16 heavy (non-hydrogen) atoms. The Morgan fingerprint density at radius 3 is 2.75 bits per heavy atom. The summed E-state index contributed by atoms with van der Waals surface area (Å²) in [7, 11) is 4.06. The number of furan rings is 1. The van der Waals surface area contributed by atoms with Gasteiger partial charge in [-0.3, -0.25) is 0 Å². The molecule has 0 unspecified atom stereocenters. The number of nitrogens with zero attached hydrogens (tertiary/aromatic N) is 1. The Morgan fingerprint density at radius 2 is 2.25 bits per heavy atom. The number of aryl methyl sites for hydroxylation is 1. The molecule has 0 spiro atoms. The topological polar surface area (TPSA) is 53.7 Å². The van der Waals surface area contributed by atoms with E-state index < -0.39 is 5.97 Å². The van der Waals surface area contributed by atoms with Crippen LogP contribution in [0.4, 0.5) is 0 Å². The summed E-state index contributed by atoms with van der Waals surface area (Å²) in [6, 6.07) is 1.80. The molecular formula is C11H17NO3S. The van der Waals surface area contributed by atoms with Crippen molar-refractivity contribution in [2.24, 2.45) is 0 Å². The maximum atomic E-state index is 10.7. The van der Waals surface area contributed by atoms with Crippen LogP contribution in [0.15, 0.2) is 10.5 Å². The highest BCUT2D eigenvalue weighted by molar-refractivity contribution is 7.98. The van der Waals surface area contributed by atoms with Crippen LogP contribution in [-0.4, -0.2) is 42.4 Å². The highest BCUT2D eigenvalue weighted by Gasteiger charge is 2.13. The minimum Gasteiger partial charge on any atom is -0.475 e. The third-order valence-corrected chi connectivity index (χ3v) is 3.05. The molecule has 0 aliphatic heterocycles. The third kappa shape index (κ3) is 3.90. The lowest BCUT2D eigenvalue weighted by atomic mass is 10.3. The maximum absolute atomic E-state index is 10.7. The van der Waals surface area contributed by atoms with Gasteiger partial charge in [0.2, 0.25) is 5.76 Å². The van der Waals surface area contributed by atoms with Gasteiger partial charge in [0.15, 0.2) is 0 Å². The van der Waals surface area contributed by atoms with Crippen LogP contribution in [0, 0.1) is 6.92 Å². The number of carbonyl (C=O) groups is 1. The quantitative estimate of drug-likeness (QED) is 0.775. The van der Waals surface area contributed by atoms with Gasteiger partial charge in [0.05, 0.1) is 5.75 Å². The first kappa shape index (κ1) is 13.1. The van der Waals surface area contributed by atoms with Gasteiger partial charge in [0.25, 0.3) is 0 Å². The van der Waals surface area contributed by atoms with E-state index in [1.54, 1.807) is 24.8 Å². The molecule has 1 aromatic rings. The van der Waals surface area contributed by atoms with Crippen molar-refractivity contribution in [2.45, 2.75) is 12.7 Å². The van der Waals surface area contributed by atoms with E-state index in [4.69, 9.17) is 9.52 Å². The van der Waals surface area contributed by atoms with Crippen LogP contribution in [0.5, 0.6) is 0 Å². The zero-order chi connectivity index (χ0) is 12.1. The molecule has 4 nitrogen and oxygen atoms in total. The second-order valence-corrected chi connectivity index (χ2v) is 4.99. The molecule has 0 bridgehead atoms. The molecule has 0 aliphatic carbocycles. The monoisotopic (exact) mass is 243 g/mol. The minimum absolute atomic E-state index is 0.0585. The van der Waals surface area contributed by atoms with Crippen molar-refractivity contribution < 1.29 is 14.3 Å². The lowest BCUT2D eigenvalue weighted by Crippen LogP contribution is -2.14. The smallest absolute Gasteiger partial charge is 0.372 e. The molecule has 1 aromatic heterocycles. The van der Waals surface area contributed by atoms with Crippen LogP contribution in [-0.2, 0) is 5.75 Å². The van der Waals surface area contributed by atoms with Gasteiger partial charge in [0.1, 0.15) is 5.76 Å². The van der Waals surface area contributed by atoms with Gasteiger partial charge >= 0.3 is 5.97 Å². The molecule has 1 rings (SSSR count). The van der Waals surface area contributed by atoms with E-state index in [0.717, 1.165) is 23.8 Å². The average molecular weight is 243 g/mol. The van der Waals surface area contributed by atoms with Crippen molar-refractivity contribution in [1.29, 1.82) is 0 Å². The minimum atomic E-state index is -0.998.